The van der Waals surface area contributed by atoms with Gasteiger partial charge in [0.2, 0.25) is 6.79 Å². The molecule has 5 heteroatoms. The van der Waals surface area contributed by atoms with Crippen LogP contribution in [0.25, 0.3) is 0 Å². The van der Waals surface area contributed by atoms with Crippen molar-refractivity contribution in [2.45, 2.75) is 37.9 Å². The van der Waals surface area contributed by atoms with Gasteiger partial charge in [0.1, 0.15) is 6.61 Å². The third-order valence-corrected chi connectivity index (χ3v) is 4.06. The van der Waals surface area contributed by atoms with E-state index < -0.39 is 0 Å². The fourth-order valence-electron chi connectivity index (χ4n) is 2.81. The minimum atomic E-state index is -0.0344. The Morgan fingerprint density at radius 1 is 1.24 bits per heavy atom. The van der Waals surface area contributed by atoms with E-state index in [0.717, 1.165) is 25.7 Å². The van der Waals surface area contributed by atoms with E-state index in [-0.39, 0.29) is 31.4 Å². The number of methoxy groups -OCH3 is 1. The summed E-state index contributed by atoms with van der Waals surface area (Å²) in [7, 11) is 1.73. The van der Waals surface area contributed by atoms with Gasteiger partial charge in [-0.2, -0.15) is 0 Å². The molecule has 2 unspecified atom stereocenters. The predicted molar refractivity (Wildman–Crippen MR) is 75.9 cm³/mol. The molecule has 5 nitrogen and oxygen atoms in total. The molecule has 0 saturated heterocycles. The van der Waals surface area contributed by atoms with Gasteiger partial charge in [0, 0.05) is 12.7 Å². The Bertz CT molecular complexity index is 513. The molecular weight excluding hydrogens is 272 g/mol. The van der Waals surface area contributed by atoms with Crippen LogP contribution in [0.15, 0.2) is 18.2 Å². The molecule has 1 aromatic carbocycles. The number of carbonyl (C=O) groups is 1. The Kier molecular flexibility index (Phi) is 4.41. The lowest BCUT2D eigenvalue weighted by Gasteiger charge is -2.27. The van der Waals surface area contributed by atoms with Crippen molar-refractivity contribution in [2.75, 3.05) is 20.5 Å². The van der Waals surface area contributed by atoms with Gasteiger partial charge in [-0.25, -0.2) is 0 Å². The number of ether oxygens (including phenoxy) is 4. The number of rotatable bonds is 5. The van der Waals surface area contributed by atoms with E-state index in [2.05, 4.69) is 0 Å². The number of fused-ring (bicyclic) bond motifs is 1. The summed E-state index contributed by atoms with van der Waals surface area (Å²) in [6, 6.07) is 5.22. The summed E-state index contributed by atoms with van der Waals surface area (Å²) in [5, 5.41) is 0. The van der Waals surface area contributed by atoms with Crippen LogP contribution in [-0.2, 0) is 9.47 Å². The Morgan fingerprint density at radius 3 is 2.90 bits per heavy atom. The van der Waals surface area contributed by atoms with Crippen LogP contribution < -0.4 is 9.47 Å². The fraction of sp³-hybridized carbons (Fsp3) is 0.562. The zero-order chi connectivity index (χ0) is 14.7. The first-order valence-electron chi connectivity index (χ1n) is 7.33. The molecule has 1 aliphatic heterocycles. The summed E-state index contributed by atoms with van der Waals surface area (Å²) in [6.07, 6.45) is 4.39. The summed E-state index contributed by atoms with van der Waals surface area (Å²) in [6.45, 7) is 0.310. The smallest absolute Gasteiger partial charge is 0.231 e. The van der Waals surface area contributed by atoms with E-state index >= 15 is 0 Å². The normalized spacial score (nSPS) is 24.0. The third-order valence-electron chi connectivity index (χ3n) is 4.06. The van der Waals surface area contributed by atoms with E-state index in [4.69, 9.17) is 18.9 Å². The van der Waals surface area contributed by atoms with Crippen molar-refractivity contribution in [3.63, 3.8) is 0 Å². The van der Waals surface area contributed by atoms with Gasteiger partial charge in [-0.05, 0) is 43.9 Å². The van der Waals surface area contributed by atoms with Crippen molar-refractivity contribution >= 4 is 5.78 Å². The highest BCUT2D eigenvalue weighted by Gasteiger charge is 2.23. The number of carbonyl (C=O) groups excluding carboxylic acids is 1. The minimum absolute atomic E-state index is 0.0344. The molecule has 0 spiro atoms. The lowest BCUT2D eigenvalue weighted by molar-refractivity contribution is -0.0243. The Balaban J connectivity index is 1.54. The van der Waals surface area contributed by atoms with Crippen LogP contribution in [0.3, 0.4) is 0 Å². The van der Waals surface area contributed by atoms with Crippen LogP contribution in [0.4, 0.5) is 0 Å². The van der Waals surface area contributed by atoms with Crippen molar-refractivity contribution in [1.29, 1.82) is 0 Å². The second-order valence-corrected chi connectivity index (χ2v) is 5.45. The van der Waals surface area contributed by atoms with Crippen molar-refractivity contribution in [2.24, 2.45) is 0 Å². The largest absolute Gasteiger partial charge is 0.454 e. The van der Waals surface area contributed by atoms with Crippen LogP contribution >= 0.6 is 0 Å². The molecule has 1 saturated carbocycles. The molecular formula is C16H20O5. The van der Waals surface area contributed by atoms with Gasteiger partial charge < -0.3 is 18.9 Å². The number of hydrogen-bond donors (Lipinski definition) is 0. The van der Waals surface area contributed by atoms with Gasteiger partial charge in [-0.3, -0.25) is 4.79 Å². The molecule has 1 heterocycles. The number of Topliss-reactive ketones (excluding diaryl/α,β-unsaturated/α-hetero) is 1. The maximum Gasteiger partial charge on any atom is 0.231 e. The second-order valence-electron chi connectivity index (χ2n) is 5.45. The van der Waals surface area contributed by atoms with Crippen LogP contribution in [0.1, 0.15) is 36.0 Å². The molecule has 2 atom stereocenters. The van der Waals surface area contributed by atoms with Gasteiger partial charge in [0.25, 0.3) is 0 Å². The van der Waals surface area contributed by atoms with Crippen LogP contribution in [0.2, 0.25) is 0 Å². The maximum absolute atomic E-state index is 12.2. The molecule has 0 radical (unpaired) electrons. The van der Waals surface area contributed by atoms with E-state index in [1.807, 2.05) is 0 Å². The van der Waals surface area contributed by atoms with Gasteiger partial charge in [-0.15, -0.1) is 0 Å². The number of benzene rings is 1. The lowest BCUT2D eigenvalue weighted by Crippen LogP contribution is -2.29. The van der Waals surface area contributed by atoms with E-state index in [1.165, 1.54) is 0 Å². The van der Waals surface area contributed by atoms with Crippen molar-refractivity contribution in [3.05, 3.63) is 23.8 Å². The monoisotopic (exact) mass is 292 g/mol. The molecule has 1 aliphatic carbocycles. The lowest BCUT2D eigenvalue weighted by atomic mass is 9.95. The first kappa shape index (κ1) is 14.4. The summed E-state index contributed by atoms with van der Waals surface area (Å²) < 4.78 is 21.6. The molecule has 2 aliphatic rings. The average molecular weight is 292 g/mol. The number of hydrogen-bond acceptors (Lipinski definition) is 5. The zero-order valence-corrected chi connectivity index (χ0v) is 12.2. The SMILES string of the molecule is COC1CCCC(OCC(=O)c2ccc3c(c2)OCO3)C1. The maximum atomic E-state index is 12.2. The molecule has 0 aromatic heterocycles. The highest BCUT2D eigenvalue weighted by Crippen LogP contribution is 2.32. The van der Waals surface area contributed by atoms with Crippen LogP contribution in [0.5, 0.6) is 11.5 Å². The summed E-state index contributed by atoms with van der Waals surface area (Å²) in [5.41, 5.74) is 0.596. The van der Waals surface area contributed by atoms with Gasteiger partial charge in [-0.1, -0.05) is 0 Å². The molecule has 0 bridgehead atoms. The van der Waals surface area contributed by atoms with Crippen molar-refractivity contribution < 1.29 is 23.7 Å². The molecule has 1 aromatic rings. The molecule has 114 valence electrons. The predicted octanol–water partition coefficient (Wildman–Crippen LogP) is 2.57. The molecule has 3 rings (SSSR count). The van der Waals surface area contributed by atoms with Crippen molar-refractivity contribution in [3.8, 4) is 11.5 Å². The summed E-state index contributed by atoms with van der Waals surface area (Å²) in [5.74, 6) is 1.27. The first-order valence-corrected chi connectivity index (χ1v) is 7.33. The quantitative estimate of drug-likeness (QED) is 0.781. The fourth-order valence-corrected chi connectivity index (χ4v) is 2.81. The zero-order valence-electron chi connectivity index (χ0n) is 12.2. The van der Waals surface area contributed by atoms with Crippen LogP contribution in [0, 0.1) is 0 Å². The summed E-state index contributed by atoms with van der Waals surface area (Å²) in [4.78, 5) is 12.2. The van der Waals surface area contributed by atoms with Crippen molar-refractivity contribution in [1.82, 2.24) is 0 Å². The Morgan fingerprint density at radius 2 is 2.05 bits per heavy atom. The Hall–Kier alpha value is -1.59. The highest BCUT2D eigenvalue weighted by atomic mass is 16.7. The third kappa shape index (κ3) is 3.36. The molecule has 21 heavy (non-hydrogen) atoms. The van der Waals surface area contributed by atoms with E-state index in [9.17, 15) is 4.79 Å². The molecule has 1 fully saturated rings. The standard InChI is InChI=1S/C16H20O5/c1-18-12-3-2-4-13(8-12)19-9-14(17)11-5-6-15-16(7-11)21-10-20-15/h5-7,12-13H,2-4,8-10H2,1H3. The molecule has 0 amide bonds. The topological polar surface area (TPSA) is 54.0 Å². The van der Waals surface area contributed by atoms with E-state index in [0.29, 0.717) is 17.1 Å². The molecule has 0 N–H and O–H groups in total. The summed E-state index contributed by atoms with van der Waals surface area (Å²) >= 11 is 0. The Labute approximate surface area is 124 Å². The number of ketones is 1. The highest BCUT2D eigenvalue weighted by molar-refractivity contribution is 5.97. The van der Waals surface area contributed by atoms with Gasteiger partial charge in [0.15, 0.2) is 17.3 Å². The minimum Gasteiger partial charge on any atom is -0.454 e. The van der Waals surface area contributed by atoms with Crippen LogP contribution in [-0.4, -0.2) is 38.5 Å². The first-order chi connectivity index (χ1) is 10.3. The van der Waals surface area contributed by atoms with Gasteiger partial charge >= 0.3 is 0 Å². The average Bonchev–Trinajstić information content (AvgIpc) is 3.00. The van der Waals surface area contributed by atoms with Gasteiger partial charge in [0.05, 0.1) is 12.2 Å². The second kappa shape index (κ2) is 6.45. The van der Waals surface area contributed by atoms with E-state index in [1.54, 1.807) is 25.3 Å².